The molecule has 3 aliphatic rings. The monoisotopic (exact) mass is 229 g/mol. The van der Waals surface area contributed by atoms with Crippen LogP contribution < -0.4 is 4.90 Å². The van der Waals surface area contributed by atoms with Crippen molar-refractivity contribution in [2.24, 2.45) is 11.8 Å². The van der Waals surface area contributed by atoms with E-state index in [0.29, 0.717) is 0 Å². The summed E-state index contributed by atoms with van der Waals surface area (Å²) in [7, 11) is 0. The zero-order valence-corrected chi connectivity index (χ0v) is 10.1. The number of rotatable bonds is 2. The van der Waals surface area contributed by atoms with Crippen molar-refractivity contribution >= 4 is 5.82 Å². The summed E-state index contributed by atoms with van der Waals surface area (Å²) in [5, 5.41) is 0. The van der Waals surface area contributed by atoms with Gasteiger partial charge in [-0.15, -0.1) is 0 Å². The van der Waals surface area contributed by atoms with Gasteiger partial charge in [-0.3, -0.25) is 4.90 Å². The third-order valence-electron chi connectivity index (χ3n) is 4.55. The lowest BCUT2D eigenvalue weighted by atomic mass is 10.0. The Morgan fingerprint density at radius 3 is 2.35 bits per heavy atom. The molecule has 1 aromatic heterocycles. The van der Waals surface area contributed by atoms with Crippen LogP contribution in [0.5, 0.6) is 0 Å². The number of hydrogen-bond acceptors (Lipinski definition) is 3. The molecule has 3 fully saturated rings. The standard InChI is InChI=1S/C14H19N3/c1-2-6-15-14(3-1)17-9-11-7-16(13-4-5-13)8-12(11)10-17/h1-3,6,11-13H,4-5,7-10H2. The molecule has 17 heavy (non-hydrogen) atoms. The first kappa shape index (κ1) is 9.89. The molecule has 3 heterocycles. The van der Waals surface area contributed by atoms with E-state index in [1.54, 1.807) is 0 Å². The van der Waals surface area contributed by atoms with Crippen molar-refractivity contribution in [1.29, 1.82) is 0 Å². The minimum Gasteiger partial charge on any atom is -0.356 e. The molecule has 1 saturated carbocycles. The Bertz CT molecular complexity index is 387. The van der Waals surface area contributed by atoms with Crippen LogP contribution in [0.2, 0.25) is 0 Å². The number of anilines is 1. The highest BCUT2D eigenvalue weighted by molar-refractivity contribution is 5.39. The van der Waals surface area contributed by atoms with Crippen LogP contribution in [-0.2, 0) is 0 Å². The van der Waals surface area contributed by atoms with Crippen molar-refractivity contribution in [2.45, 2.75) is 18.9 Å². The van der Waals surface area contributed by atoms with Gasteiger partial charge in [-0.05, 0) is 36.8 Å². The fourth-order valence-corrected chi connectivity index (χ4v) is 3.50. The van der Waals surface area contributed by atoms with Crippen molar-refractivity contribution < 1.29 is 0 Å². The van der Waals surface area contributed by atoms with E-state index < -0.39 is 0 Å². The normalized spacial score (nSPS) is 33.1. The number of nitrogens with zero attached hydrogens (tertiary/aromatic N) is 3. The lowest BCUT2D eigenvalue weighted by Gasteiger charge is -2.21. The third-order valence-corrected chi connectivity index (χ3v) is 4.55. The maximum atomic E-state index is 4.47. The fraction of sp³-hybridized carbons (Fsp3) is 0.643. The predicted octanol–water partition coefficient (Wildman–Crippen LogP) is 1.61. The summed E-state index contributed by atoms with van der Waals surface area (Å²) in [5.41, 5.74) is 0. The smallest absolute Gasteiger partial charge is 0.128 e. The molecule has 3 heteroatoms. The molecule has 1 aliphatic carbocycles. The number of pyridine rings is 1. The van der Waals surface area contributed by atoms with Gasteiger partial charge in [-0.25, -0.2) is 4.98 Å². The second kappa shape index (κ2) is 3.70. The van der Waals surface area contributed by atoms with E-state index in [2.05, 4.69) is 26.9 Å². The maximum Gasteiger partial charge on any atom is 0.128 e. The molecule has 3 nitrogen and oxygen atoms in total. The first-order valence-corrected chi connectivity index (χ1v) is 6.80. The lowest BCUT2D eigenvalue weighted by molar-refractivity contribution is 0.306. The summed E-state index contributed by atoms with van der Waals surface area (Å²) in [4.78, 5) is 9.67. The van der Waals surface area contributed by atoms with Crippen molar-refractivity contribution in [3.05, 3.63) is 24.4 Å². The van der Waals surface area contributed by atoms with Gasteiger partial charge in [0.05, 0.1) is 0 Å². The van der Waals surface area contributed by atoms with Crippen LogP contribution in [0.4, 0.5) is 5.82 Å². The first-order chi connectivity index (χ1) is 8.40. The van der Waals surface area contributed by atoms with Crippen LogP contribution in [0.25, 0.3) is 0 Å². The SMILES string of the molecule is c1ccc(N2CC3CN(C4CC4)CC3C2)nc1. The average Bonchev–Trinajstić information content (AvgIpc) is 3.01. The van der Waals surface area contributed by atoms with Gasteiger partial charge in [0.15, 0.2) is 0 Å². The van der Waals surface area contributed by atoms with Crippen molar-refractivity contribution in [1.82, 2.24) is 9.88 Å². The maximum absolute atomic E-state index is 4.47. The summed E-state index contributed by atoms with van der Waals surface area (Å²) < 4.78 is 0. The molecule has 0 spiro atoms. The van der Waals surface area contributed by atoms with Crippen molar-refractivity contribution in [3.63, 3.8) is 0 Å². The van der Waals surface area contributed by atoms with E-state index in [0.717, 1.165) is 17.9 Å². The molecule has 90 valence electrons. The highest BCUT2D eigenvalue weighted by Gasteiger charge is 2.44. The Labute approximate surface area is 102 Å². The quantitative estimate of drug-likeness (QED) is 0.768. The van der Waals surface area contributed by atoms with Gasteiger partial charge in [0.25, 0.3) is 0 Å². The second-order valence-electron chi connectivity index (χ2n) is 5.80. The third kappa shape index (κ3) is 1.73. The van der Waals surface area contributed by atoms with Gasteiger partial charge < -0.3 is 4.90 Å². The van der Waals surface area contributed by atoms with Crippen LogP contribution in [0.1, 0.15) is 12.8 Å². The topological polar surface area (TPSA) is 19.4 Å². The van der Waals surface area contributed by atoms with Gasteiger partial charge in [0, 0.05) is 38.4 Å². The Morgan fingerprint density at radius 2 is 1.76 bits per heavy atom. The number of aromatic nitrogens is 1. The summed E-state index contributed by atoms with van der Waals surface area (Å²) in [5.74, 6) is 2.94. The molecule has 2 unspecified atom stereocenters. The molecule has 0 N–H and O–H groups in total. The number of fused-ring (bicyclic) bond motifs is 1. The van der Waals surface area contributed by atoms with Crippen LogP contribution in [-0.4, -0.2) is 42.1 Å². The number of hydrogen-bond donors (Lipinski definition) is 0. The Balaban J connectivity index is 1.45. The molecule has 2 aliphatic heterocycles. The minimum absolute atomic E-state index is 0.887. The molecule has 0 bridgehead atoms. The minimum atomic E-state index is 0.887. The largest absolute Gasteiger partial charge is 0.356 e. The zero-order valence-electron chi connectivity index (χ0n) is 10.1. The van der Waals surface area contributed by atoms with E-state index in [4.69, 9.17) is 0 Å². The van der Waals surface area contributed by atoms with E-state index in [1.165, 1.54) is 44.8 Å². The lowest BCUT2D eigenvalue weighted by Crippen LogP contribution is -2.30. The van der Waals surface area contributed by atoms with Crippen LogP contribution in [0, 0.1) is 11.8 Å². The van der Waals surface area contributed by atoms with Crippen LogP contribution in [0.3, 0.4) is 0 Å². The van der Waals surface area contributed by atoms with E-state index in [1.807, 2.05) is 12.3 Å². The van der Waals surface area contributed by atoms with Crippen molar-refractivity contribution in [3.8, 4) is 0 Å². The molecular formula is C14H19N3. The number of likely N-dealkylation sites (tertiary alicyclic amines) is 1. The van der Waals surface area contributed by atoms with Gasteiger partial charge >= 0.3 is 0 Å². The van der Waals surface area contributed by atoms with Gasteiger partial charge in [-0.2, -0.15) is 0 Å². The summed E-state index contributed by atoms with van der Waals surface area (Å²) in [6.45, 7) is 5.09. The van der Waals surface area contributed by atoms with Crippen LogP contribution in [0.15, 0.2) is 24.4 Å². The highest BCUT2D eigenvalue weighted by Crippen LogP contribution is 2.38. The molecule has 2 atom stereocenters. The molecule has 4 rings (SSSR count). The van der Waals surface area contributed by atoms with Gasteiger partial charge in [-0.1, -0.05) is 6.07 Å². The average molecular weight is 229 g/mol. The molecule has 2 saturated heterocycles. The van der Waals surface area contributed by atoms with E-state index >= 15 is 0 Å². The second-order valence-corrected chi connectivity index (χ2v) is 5.80. The Hall–Kier alpha value is -1.09. The Kier molecular flexibility index (Phi) is 2.15. The molecule has 0 radical (unpaired) electrons. The summed E-state index contributed by atoms with van der Waals surface area (Å²) in [6, 6.07) is 7.17. The van der Waals surface area contributed by atoms with Crippen LogP contribution >= 0.6 is 0 Å². The van der Waals surface area contributed by atoms with E-state index in [9.17, 15) is 0 Å². The highest BCUT2D eigenvalue weighted by atomic mass is 15.3. The van der Waals surface area contributed by atoms with E-state index in [-0.39, 0.29) is 0 Å². The van der Waals surface area contributed by atoms with Gasteiger partial charge in [0.1, 0.15) is 5.82 Å². The van der Waals surface area contributed by atoms with Crippen molar-refractivity contribution in [2.75, 3.05) is 31.1 Å². The zero-order chi connectivity index (χ0) is 11.2. The summed E-state index contributed by atoms with van der Waals surface area (Å²) in [6.07, 6.45) is 4.80. The molecular weight excluding hydrogens is 210 g/mol. The Morgan fingerprint density at radius 1 is 1.00 bits per heavy atom. The molecule has 0 amide bonds. The first-order valence-electron chi connectivity index (χ1n) is 6.80. The summed E-state index contributed by atoms with van der Waals surface area (Å²) >= 11 is 0. The fourth-order valence-electron chi connectivity index (χ4n) is 3.50. The molecule has 0 aromatic carbocycles. The predicted molar refractivity (Wildman–Crippen MR) is 68.0 cm³/mol. The van der Waals surface area contributed by atoms with Gasteiger partial charge in [0.2, 0.25) is 0 Å². The molecule has 1 aromatic rings.